The highest BCUT2D eigenvalue weighted by Crippen LogP contribution is 2.24. The first-order valence-corrected chi connectivity index (χ1v) is 12.5. The molecule has 0 saturated carbocycles. The monoisotopic (exact) mass is 470 g/mol. The normalized spacial score (nSPS) is 24.4. The average Bonchev–Trinajstić information content (AvgIpc) is 3.10. The van der Waals surface area contributed by atoms with Crippen molar-refractivity contribution in [2.45, 2.75) is 31.8 Å². The van der Waals surface area contributed by atoms with Crippen molar-refractivity contribution in [1.29, 1.82) is 0 Å². The Labute approximate surface area is 185 Å². The van der Waals surface area contributed by atoms with Crippen LogP contribution in [0.25, 0.3) is 0 Å². The van der Waals surface area contributed by atoms with Gasteiger partial charge in [-0.25, -0.2) is 17.8 Å². The molecule has 3 aliphatic rings. The molecule has 1 aromatic carbocycles. The summed E-state index contributed by atoms with van der Waals surface area (Å²) >= 11 is 6.11. The van der Waals surface area contributed by atoms with Gasteiger partial charge in [-0.05, 0) is 18.6 Å². The summed E-state index contributed by atoms with van der Waals surface area (Å²) in [5, 5.41) is 5.85. The fraction of sp³-hybridized carbons (Fsp3) is 0.550. The number of nitrogens with zero attached hydrogens (tertiary/aromatic N) is 4. The van der Waals surface area contributed by atoms with Crippen LogP contribution in [-0.4, -0.2) is 84.5 Å². The van der Waals surface area contributed by atoms with Gasteiger partial charge in [-0.3, -0.25) is 14.5 Å². The average molecular weight is 471 g/mol. The van der Waals surface area contributed by atoms with Crippen LogP contribution in [0.1, 0.15) is 24.8 Å². The highest BCUT2D eigenvalue weighted by atomic mass is 35.5. The lowest BCUT2D eigenvalue weighted by atomic mass is 10.1. The van der Waals surface area contributed by atoms with Crippen molar-refractivity contribution in [3.05, 3.63) is 34.6 Å². The Kier molecular flexibility index (Phi) is 6.32. The molecular formula is C20H24ClFN4O4S. The van der Waals surface area contributed by atoms with E-state index in [1.807, 2.05) is 4.90 Å². The number of hydrogen-bond donors (Lipinski definition) is 0. The fourth-order valence-corrected chi connectivity index (χ4v) is 6.09. The van der Waals surface area contributed by atoms with Crippen LogP contribution in [-0.2, 0) is 26.0 Å². The number of rotatable bonds is 4. The molecule has 3 heterocycles. The highest BCUT2D eigenvalue weighted by molar-refractivity contribution is 7.91. The third-order valence-corrected chi connectivity index (χ3v) is 8.07. The number of benzene rings is 1. The van der Waals surface area contributed by atoms with Crippen molar-refractivity contribution in [2.75, 3.05) is 37.7 Å². The zero-order chi connectivity index (χ0) is 22.2. The van der Waals surface area contributed by atoms with E-state index < -0.39 is 15.9 Å². The van der Waals surface area contributed by atoms with E-state index in [4.69, 9.17) is 11.6 Å². The van der Waals surface area contributed by atoms with Crippen molar-refractivity contribution in [3.63, 3.8) is 0 Å². The lowest BCUT2D eigenvalue weighted by Crippen LogP contribution is -2.51. The summed E-state index contributed by atoms with van der Waals surface area (Å²) in [4.78, 5) is 28.9. The molecule has 168 valence electrons. The Morgan fingerprint density at radius 3 is 2.58 bits per heavy atom. The Morgan fingerprint density at radius 2 is 1.94 bits per heavy atom. The standard InChI is InChI=1S/C20H24ClFN4O4S/c21-16-2-1-3-17(22)15(16)12-24-7-9-25(10-8-24)20(28)18-4-5-19(27)26(23-18)14-6-11-31(29,30)13-14/h1-3,14H,4-13H2/t14-/m1/s1. The van der Waals surface area contributed by atoms with Crippen LogP contribution in [0.15, 0.2) is 23.3 Å². The van der Waals surface area contributed by atoms with E-state index in [9.17, 15) is 22.4 Å². The van der Waals surface area contributed by atoms with Crippen molar-refractivity contribution >= 4 is 39.0 Å². The molecule has 0 spiro atoms. The van der Waals surface area contributed by atoms with Crippen molar-refractivity contribution < 1.29 is 22.4 Å². The number of hydrazone groups is 1. The maximum Gasteiger partial charge on any atom is 0.270 e. The SMILES string of the molecule is O=C(C1=NN([C@@H]2CCS(=O)(=O)C2)C(=O)CC1)N1CCN(Cc2c(F)cccc2Cl)CC1. The van der Waals surface area contributed by atoms with Gasteiger partial charge >= 0.3 is 0 Å². The number of sulfone groups is 1. The number of carbonyl (C=O) groups is 2. The van der Waals surface area contributed by atoms with Crippen LogP contribution < -0.4 is 0 Å². The van der Waals surface area contributed by atoms with Gasteiger partial charge in [0.1, 0.15) is 11.5 Å². The van der Waals surface area contributed by atoms with Crippen LogP contribution in [0.3, 0.4) is 0 Å². The largest absolute Gasteiger partial charge is 0.335 e. The Hall–Kier alpha value is -2.04. The Balaban J connectivity index is 1.38. The minimum atomic E-state index is -3.16. The molecule has 2 amide bonds. The number of hydrogen-bond acceptors (Lipinski definition) is 6. The van der Waals surface area contributed by atoms with Gasteiger partial charge in [0, 0.05) is 56.2 Å². The molecule has 1 atom stereocenters. The number of amides is 2. The van der Waals surface area contributed by atoms with Crippen molar-refractivity contribution in [1.82, 2.24) is 14.8 Å². The zero-order valence-corrected chi connectivity index (χ0v) is 18.5. The summed E-state index contributed by atoms with van der Waals surface area (Å²) in [6.45, 7) is 2.40. The molecule has 1 aromatic rings. The van der Waals surface area contributed by atoms with E-state index in [1.54, 1.807) is 17.0 Å². The van der Waals surface area contributed by atoms with E-state index in [1.165, 1.54) is 11.1 Å². The van der Waals surface area contributed by atoms with Crippen LogP contribution in [0.2, 0.25) is 5.02 Å². The fourth-order valence-electron chi connectivity index (χ4n) is 4.18. The minimum absolute atomic E-state index is 0.0359. The van der Waals surface area contributed by atoms with Crippen LogP contribution in [0, 0.1) is 5.82 Å². The maximum atomic E-state index is 14.0. The molecule has 0 unspecified atom stereocenters. The molecule has 11 heteroatoms. The van der Waals surface area contributed by atoms with E-state index in [0.29, 0.717) is 49.7 Å². The first-order chi connectivity index (χ1) is 14.7. The van der Waals surface area contributed by atoms with Crippen LogP contribution in [0.5, 0.6) is 0 Å². The minimum Gasteiger partial charge on any atom is -0.335 e. The lowest BCUT2D eigenvalue weighted by molar-refractivity contribution is -0.134. The number of carbonyl (C=O) groups excluding carboxylic acids is 2. The summed E-state index contributed by atoms with van der Waals surface area (Å²) in [5.41, 5.74) is 0.732. The van der Waals surface area contributed by atoms with Gasteiger partial charge in [0.15, 0.2) is 9.84 Å². The molecule has 0 aliphatic carbocycles. The van der Waals surface area contributed by atoms with Gasteiger partial charge in [-0.15, -0.1) is 0 Å². The van der Waals surface area contributed by atoms with Crippen molar-refractivity contribution in [3.8, 4) is 0 Å². The Bertz CT molecular complexity index is 1000. The third kappa shape index (κ3) is 4.91. The predicted molar refractivity (Wildman–Crippen MR) is 114 cm³/mol. The van der Waals surface area contributed by atoms with Gasteiger partial charge in [0.05, 0.1) is 17.5 Å². The summed E-state index contributed by atoms with van der Waals surface area (Å²) in [7, 11) is -3.16. The molecule has 31 heavy (non-hydrogen) atoms. The summed E-state index contributed by atoms with van der Waals surface area (Å²) in [6.07, 6.45) is 0.738. The highest BCUT2D eigenvalue weighted by Gasteiger charge is 2.38. The van der Waals surface area contributed by atoms with Crippen LogP contribution >= 0.6 is 11.6 Å². The molecular weight excluding hydrogens is 447 g/mol. The van der Waals surface area contributed by atoms with E-state index in [2.05, 4.69) is 5.10 Å². The van der Waals surface area contributed by atoms with Gasteiger partial charge in [0.25, 0.3) is 5.91 Å². The second kappa shape index (κ2) is 8.84. The molecule has 8 nitrogen and oxygen atoms in total. The summed E-state index contributed by atoms with van der Waals surface area (Å²) in [6, 6.07) is 4.11. The molecule has 0 radical (unpaired) electrons. The topological polar surface area (TPSA) is 90.4 Å². The third-order valence-electron chi connectivity index (χ3n) is 5.96. The Morgan fingerprint density at radius 1 is 1.19 bits per heavy atom. The van der Waals surface area contributed by atoms with Crippen LogP contribution in [0.4, 0.5) is 4.39 Å². The zero-order valence-electron chi connectivity index (χ0n) is 17.0. The van der Waals surface area contributed by atoms with Crippen molar-refractivity contribution in [2.24, 2.45) is 5.10 Å². The second-order valence-electron chi connectivity index (χ2n) is 8.11. The molecule has 0 bridgehead atoms. The van der Waals surface area contributed by atoms with E-state index in [0.717, 1.165) is 0 Å². The molecule has 0 aromatic heterocycles. The van der Waals surface area contributed by atoms with Gasteiger partial charge in [-0.2, -0.15) is 5.10 Å². The van der Waals surface area contributed by atoms with Gasteiger partial charge in [-0.1, -0.05) is 17.7 Å². The molecule has 4 rings (SSSR count). The van der Waals surface area contributed by atoms with E-state index >= 15 is 0 Å². The summed E-state index contributed by atoms with van der Waals surface area (Å²) < 4.78 is 37.6. The first-order valence-electron chi connectivity index (χ1n) is 10.3. The van der Waals surface area contributed by atoms with E-state index in [-0.39, 0.29) is 47.7 Å². The summed E-state index contributed by atoms with van der Waals surface area (Å²) in [5.74, 6) is -0.900. The lowest BCUT2D eigenvalue weighted by Gasteiger charge is -2.36. The number of halogens is 2. The first kappa shape index (κ1) is 22.2. The second-order valence-corrected chi connectivity index (χ2v) is 10.7. The molecule has 3 aliphatic heterocycles. The maximum absolute atomic E-state index is 14.0. The molecule has 0 N–H and O–H groups in total. The van der Waals surface area contributed by atoms with Gasteiger partial charge in [0.2, 0.25) is 5.91 Å². The quantitative estimate of drug-likeness (QED) is 0.661. The molecule has 2 saturated heterocycles. The smallest absolute Gasteiger partial charge is 0.270 e. The van der Waals surface area contributed by atoms with Gasteiger partial charge < -0.3 is 4.90 Å². The predicted octanol–water partition coefficient (Wildman–Crippen LogP) is 1.29. The molecule has 2 fully saturated rings. The number of piperazine rings is 1.